The Bertz CT molecular complexity index is 463. The maximum atomic E-state index is 5.97. The maximum Gasteiger partial charge on any atom is 0.123 e. The number of pyridine rings is 1. The van der Waals surface area contributed by atoms with E-state index in [0.717, 1.165) is 6.42 Å². The van der Waals surface area contributed by atoms with Crippen molar-refractivity contribution < 1.29 is 0 Å². The third-order valence-electron chi connectivity index (χ3n) is 5.34. The van der Waals surface area contributed by atoms with Crippen LogP contribution in [0.3, 0.4) is 0 Å². The molecule has 21 heavy (non-hydrogen) atoms. The monoisotopic (exact) mass is 289 g/mol. The number of nitrogens with zero attached hydrogens (tertiary/aromatic N) is 2. The van der Waals surface area contributed by atoms with Gasteiger partial charge >= 0.3 is 0 Å². The first kappa shape index (κ1) is 14.8. The van der Waals surface area contributed by atoms with Crippen molar-refractivity contribution in [1.82, 2.24) is 15.3 Å². The summed E-state index contributed by atoms with van der Waals surface area (Å²) in [6.45, 7) is 2.44. The van der Waals surface area contributed by atoms with Gasteiger partial charge in [0, 0.05) is 17.8 Å². The van der Waals surface area contributed by atoms with Crippen LogP contribution in [-0.2, 0) is 6.42 Å². The standard InChI is InChI=1S/C16H27N5/c17-15-12-13(5-8-19-15)11-14(20-18)16(6-1-2-7-16)21-9-3-4-10-21/h5,8,12,14,20H,1-4,6-7,9-11,18H2,(H2,17,19). The maximum absolute atomic E-state index is 5.97. The normalized spacial score (nSPS) is 23.5. The van der Waals surface area contributed by atoms with Crippen LogP contribution in [0.2, 0.25) is 0 Å². The van der Waals surface area contributed by atoms with Gasteiger partial charge in [-0.1, -0.05) is 12.8 Å². The molecular formula is C16H27N5. The molecule has 1 saturated carbocycles. The molecule has 1 aromatic heterocycles. The quantitative estimate of drug-likeness (QED) is 0.565. The molecule has 1 aliphatic heterocycles. The second-order valence-electron chi connectivity index (χ2n) is 6.52. The molecule has 116 valence electrons. The zero-order valence-electron chi connectivity index (χ0n) is 12.7. The lowest BCUT2D eigenvalue weighted by atomic mass is 9.83. The lowest BCUT2D eigenvalue weighted by Crippen LogP contribution is -2.61. The molecule has 5 heteroatoms. The van der Waals surface area contributed by atoms with Gasteiger partial charge in [0.25, 0.3) is 0 Å². The summed E-state index contributed by atoms with van der Waals surface area (Å²) in [6.07, 6.45) is 10.5. The molecule has 1 atom stereocenters. The highest BCUT2D eigenvalue weighted by Crippen LogP contribution is 2.40. The first-order valence-corrected chi connectivity index (χ1v) is 8.16. The number of aromatic nitrogens is 1. The molecule has 0 bridgehead atoms. The molecule has 5 nitrogen and oxygen atoms in total. The van der Waals surface area contributed by atoms with Crippen LogP contribution in [0.15, 0.2) is 18.3 Å². The number of nitrogen functional groups attached to an aromatic ring is 1. The molecule has 0 spiro atoms. The van der Waals surface area contributed by atoms with Gasteiger partial charge < -0.3 is 5.73 Å². The molecule has 2 aliphatic rings. The zero-order chi connectivity index (χ0) is 14.7. The summed E-state index contributed by atoms with van der Waals surface area (Å²) < 4.78 is 0. The van der Waals surface area contributed by atoms with E-state index in [9.17, 15) is 0 Å². The van der Waals surface area contributed by atoms with Crippen molar-refractivity contribution >= 4 is 5.82 Å². The van der Waals surface area contributed by atoms with Crippen LogP contribution in [0.25, 0.3) is 0 Å². The second-order valence-corrected chi connectivity index (χ2v) is 6.52. The molecule has 0 radical (unpaired) electrons. The number of anilines is 1. The van der Waals surface area contributed by atoms with Gasteiger partial charge in [-0.05, 0) is 62.9 Å². The molecule has 2 heterocycles. The van der Waals surface area contributed by atoms with E-state index in [1.165, 1.54) is 57.2 Å². The molecule has 2 fully saturated rings. The summed E-state index contributed by atoms with van der Waals surface area (Å²) in [6, 6.07) is 4.30. The van der Waals surface area contributed by atoms with E-state index in [1.54, 1.807) is 6.20 Å². The van der Waals surface area contributed by atoms with Gasteiger partial charge in [-0.2, -0.15) is 0 Å². The van der Waals surface area contributed by atoms with Gasteiger partial charge in [0.05, 0.1) is 0 Å². The van der Waals surface area contributed by atoms with Crippen LogP contribution in [0.4, 0.5) is 5.82 Å². The molecular weight excluding hydrogens is 262 g/mol. The summed E-state index contributed by atoms with van der Waals surface area (Å²) in [7, 11) is 0. The van der Waals surface area contributed by atoms with Gasteiger partial charge in [0.15, 0.2) is 0 Å². The molecule has 1 saturated heterocycles. The lowest BCUT2D eigenvalue weighted by molar-refractivity contribution is 0.0766. The summed E-state index contributed by atoms with van der Waals surface area (Å²) in [5, 5.41) is 0. The molecule has 0 aromatic carbocycles. The van der Waals surface area contributed by atoms with Crippen LogP contribution in [-0.4, -0.2) is 34.6 Å². The number of nitrogens with one attached hydrogen (secondary N) is 1. The van der Waals surface area contributed by atoms with E-state index in [1.807, 2.05) is 12.1 Å². The second kappa shape index (κ2) is 6.30. The Hall–Kier alpha value is -1.17. The Morgan fingerprint density at radius 3 is 2.57 bits per heavy atom. The summed E-state index contributed by atoms with van der Waals surface area (Å²) >= 11 is 0. The van der Waals surface area contributed by atoms with Crippen molar-refractivity contribution in [3.63, 3.8) is 0 Å². The first-order valence-electron chi connectivity index (χ1n) is 8.16. The van der Waals surface area contributed by atoms with E-state index in [0.29, 0.717) is 5.82 Å². The minimum Gasteiger partial charge on any atom is -0.384 e. The van der Waals surface area contributed by atoms with E-state index < -0.39 is 0 Å². The van der Waals surface area contributed by atoms with Crippen molar-refractivity contribution in [1.29, 1.82) is 0 Å². The van der Waals surface area contributed by atoms with Gasteiger partial charge in [-0.25, -0.2) is 4.98 Å². The minimum absolute atomic E-state index is 0.225. The highest BCUT2D eigenvalue weighted by molar-refractivity contribution is 5.32. The van der Waals surface area contributed by atoms with E-state index in [-0.39, 0.29) is 11.6 Å². The molecule has 5 N–H and O–H groups in total. The number of hydrazine groups is 1. The fourth-order valence-corrected chi connectivity index (χ4v) is 4.30. The smallest absolute Gasteiger partial charge is 0.123 e. The molecule has 1 unspecified atom stereocenters. The number of likely N-dealkylation sites (tertiary alicyclic amines) is 1. The van der Waals surface area contributed by atoms with Crippen LogP contribution >= 0.6 is 0 Å². The third kappa shape index (κ3) is 2.91. The zero-order valence-corrected chi connectivity index (χ0v) is 12.7. The highest BCUT2D eigenvalue weighted by atomic mass is 15.3. The Balaban J connectivity index is 1.82. The number of hydrogen-bond acceptors (Lipinski definition) is 5. The minimum atomic E-state index is 0.225. The van der Waals surface area contributed by atoms with E-state index >= 15 is 0 Å². The molecule has 1 aromatic rings. The SMILES string of the molecule is NNC(Cc1ccnc(N)c1)C1(N2CCCC2)CCCC1. The van der Waals surface area contributed by atoms with Gasteiger partial charge in [0.1, 0.15) is 5.82 Å². The molecule has 0 amide bonds. The van der Waals surface area contributed by atoms with Gasteiger partial charge in [-0.15, -0.1) is 0 Å². The van der Waals surface area contributed by atoms with E-state index in [4.69, 9.17) is 11.6 Å². The first-order chi connectivity index (χ1) is 10.2. The third-order valence-corrected chi connectivity index (χ3v) is 5.34. The predicted octanol–water partition coefficient (Wildman–Crippen LogP) is 1.45. The number of hydrogen-bond donors (Lipinski definition) is 3. The lowest BCUT2D eigenvalue weighted by Gasteiger charge is -2.45. The summed E-state index contributed by atoms with van der Waals surface area (Å²) in [5.41, 5.74) is 10.4. The van der Waals surface area contributed by atoms with Crippen molar-refractivity contribution in [2.75, 3.05) is 18.8 Å². The average Bonchev–Trinajstić information content (AvgIpc) is 3.16. The van der Waals surface area contributed by atoms with Crippen molar-refractivity contribution in [3.05, 3.63) is 23.9 Å². The Labute approximate surface area is 127 Å². The van der Waals surface area contributed by atoms with Crippen LogP contribution in [0.1, 0.15) is 44.1 Å². The van der Waals surface area contributed by atoms with Crippen molar-refractivity contribution in [3.8, 4) is 0 Å². The summed E-state index contributed by atoms with van der Waals surface area (Å²) in [4.78, 5) is 6.77. The topological polar surface area (TPSA) is 80.2 Å². The Kier molecular flexibility index (Phi) is 4.42. The van der Waals surface area contributed by atoms with Gasteiger partial charge in [0.2, 0.25) is 0 Å². The fraction of sp³-hybridized carbons (Fsp3) is 0.688. The average molecular weight is 289 g/mol. The number of rotatable bonds is 5. The molecule has 3 rings (SSSR count). The van der Waals surface area contributed by atoms with Gasteiger partial charge in [-0.3, -0.25) is 16.2 Å². The predicted molar refractivity (Wildman–Crippen MR) is 85.5 cm³/mol. The molecule has 1 aliphatic carbocycles. The summed E-state index contributed by atoms with van der Waals surface area (Å²) in [5.74, 6) is 6.56. The highest BCUT2D eigenvalue weighted by Gasteiger charge is 2.46. The van der Waals surface area contributed by atoms with Crippen LogP contribution in [0, 0.1) is 0 Å². The largest absolute Gasteiger partial charge is 0.384 e. The van der Waals surface area contributed by atoms with E-state index in [2.05, 4.69) is 15.3 Å². The van der Waals surface area contributed by atoms with Crippen LogP contribution in [0.5, 0.6) is 0 Å². The van der Waals surface area contributed by atoms with Crippen LogP contribution < -0.4 is 17.0 Å². The number of nitrogens with two attached hydrogens (primary N) is 2. The van der Waals surface area contributed by atoms with Crippen molar-refractivity contribution in [2.24, 2.45) is 5.84 Å². The Morgan fingerprint density at radius 1 is 1.24 bits per heavy atom. The van der Waals surface area contributed by atoms with Crippen molar-refractivity contribution in [2.45, 2.75) is 56.5 Å². The Morgan fingerprint density at radius 2 is 1.95 bits per heavy atom. The fourth-order valence-electron chi connectivity index (χ4n) is 4.30.